The number of nitrogens with one attached hydrogen (secondary N) is 1. The highest BCUT2D eigenvalue weighted by Gasteiger charge is 2.28. The number of nitrogens with zero attached hydrogens (tertiary/aromatic N) is 2. The van der Waals surface area contributed by atoms with Gasteiger partial charge in [0.2, 0.25) is 21.1 Å². The topological polar surface area (TPSA) is 166 Å². The molecule has 0 saturated heterocycles. The standard InChI is InChI=1S/C37H48N3O10S2/c1-25(2)49-29-14-15-33-31(24-29)34(37(42)50-35-26(3)22-28(23-27(35)4)36(41)48-7)30-12-8-9-13-32(30)39(33)17-10-20-51(43,44)38-16-19-40(5,6)18-11-21-52(45,46)47/h8-9,12-15,22-25,38H,10-11,16-21H2,1-7H3/q+1/p+1. The first kappa shape index (κ1) is 40.6. The molecule has 0 unspecified atom stereocenters. The SMILES string of the molecule is COC(=O)c1cc(C)c(OC(=O)c2c3ccccc3[n+](CCCS(=O)(=O)NCC[N+](C)(C)CCCS(=O)(=O)O)c3ccc(OC(C)C)cc23)c(C)c1. The molecule has 0 saturated carbocycles. The zero-order valence-electron chi connectivity index (χ0n) is 30.8. The second-order valence-corrected chi connectivity index (χ2v) is 17.3. The molecule has 13 nitrogen and oxygen atoms in total. The van der Waals surface area contributed by atoms with Gasteiger partial charge in [0.15, 0.2) is 6.54 Å². The van der Waals surface area contributed by atoms with E-state index in [0.29, 0.717) is 79.7 Å². The number of esters is 2. The lowest BCUT2D eigenvalue weighted by atomic mass is 10.0. The van der Waals surface area contributed by atoms with Crippen LogP contribution in [0.25, 0.3) is 21.8 Å². The predicted molar refractivity (Wildman–Crippen MR) is 199 cm³/mol. The fourth-order valence-corrected chi connectivity index (χ4v) is 7.77. The number of hydrogen-bond donors (Lipinski definition) is 2. The van der Waals surface area contributed by atoms with Crippen molar-refractivity contribution in [1.82, 2.24) is 4.72 Å². The quantitative estimate of drug-likeness (QED) is 0.0395. The number of pyridine rings is 1. The summed E-state index contributed by atoms with van der Waals surface area (Å²) in [5.74, 6) is -0.701. The number of aryl methyl sites for hydroxylation is 3. The summed E-state index contributed by atoms with van der Waals surface area (Å²) < 4.78 is 79.1. The van der Waals surface area contributed by atoms with Gasteiger partial charge in [0.1, 0.15) is 11.5 Å². The maximum atomic E-state index is 14.2. The number of rotatable bonds is 17. The number of para-hydroxylation sites is 1. The highest BCUT2D eigenvalue weighted by atomic mass is 32.2. The van der Waals surface area contributed by atoms with Gasteiger partial charge in [0, 0.05) is 25.0 Å². The van der Waals surface area contributed by atoms with Gasteiger partial charge in [-0.05, 0) is 69.2 Å². The van der Waals surface area contributed by atoms with Gasteiger partial charge in [-0.15, -0.1) is 0 Å². The van der Waals surface area contributed by atoms with Crippen LogP contribution in [0.15, 0.2) is 54.6 Å². The Morgan fingerprint density at radius 1 is 0.865 bits per heavy atom. The fourth-order valence-electron chi connectivity index (χ4n) is 6.22. The predicted octanol–water partition coefficient (Wildman–Crippen LogP) is 4.35. The van der Waals surface area contributed by atoms with Crippen LogP contribution in [0, 0.1) is 13.8 Å². The van der Waals surface area contributed by atoms with Crippen LogP contribution in [-0.4, -0.2) is 96.3 Å². The van der Waals surface area contributed by atoms with Gasteiger partial charge in [-0.2, -0.15) is 13.0 Å². The normalized spacial score (nSPS) is 12.4. The summed E-state index contributed by atoms with van der Waals surface area (Å²) in [4.78, 5) is 26.4. The smallest absolute Gasteiger partial charge is 0.345 e. The van der Waals surface area contributed by atoms with Crippen molar-refractivity contribution in [2.75, 3.05) is 52.3 Å². The van der Waals surface area contributed by atoms with E-state index in [1.54, 1.807) is 32.0 Å². The summed E-state index contributed by atoms with van der Waals surface area (Å²) >= 11 is 0. The van der Waals surface area contributed by atoms with E-state index < -0.39 is 32.1 Å². The molecular weight excluding hydrogens is 711 g/mol. The lowest BCUT2D eigenvalue weighted by Crippen LogP contribution is -2.46. The third-order valence-corrected chi connectivity index (χ3v) is 10.9. The van der Waals surface area contributed by atoms with Crippen LogP contribution < -0.4 is 18.8 Å². The Hall–Kier alpha value is -4.15. The largest absolute Gasteiger partial charge is 0.491 e. The van der Waals surface area contributed by atoms with E-state index in [4.69, 9.17) is 18.8 Å². The molecule has 3 aromatic carbocycles. The Balaban J connectivity index is 1.63. The van der Waals surface area contributed by atoms with Gasteiger partial charge in [-0.25, -0.2) is 22.7 Å². The second kappa shape index (κ2) is 16.7. The average molecular weight is 760 g/mol. The van der Waals surface area contributed by atoms with Crippen LogP contribution in [0.2, 0.25) is 0 Å². The van der Waals surface area contributed by atoms with Crippen molar-refractivity contribution < 1.29 is 54.2 Å². The first-order valence-electron chi connectivity index (χ1n) is 17.0. The van der Waals surface area contributed by atoms with Crippen LogP contribution in [0.4, 0.5) is 0 Å². The molecule has 282 valence electrons. The van der Waals surface area contributed by atoms with Crippen molar-refractivity contribution in [3.63, 3.8) is 0 Å². The van der Waals surface area contributed by atoms with E-state index in [-0.39, 0.29) is 37.0 Å². The van der Waals surface area contributed by atoms with Crippen LogP contribution in [0.5, 0.6) is 11.5 Å². The number of hydrogen-bond acceptors (Lipinski definition) is 9. The number of carbonyl (C=O) groups is 2. The minimum Gasteiger partial charge on any atom is -0.491 e. The van der Waals surface area contributed by atoms with Gasteiger partial charge in [0.25, 0.3) is 10.1 Å². The van der Waals surface area contributed by atoms with Gasteiger partial charge in [-0.3, -0.25) is 4.55 Å². The van der Waals surface area contributed by atoms with Crippen molar-refractivity contribution in [3.8, 4) is 11.5 Å². The molecule has 4 aromatic rings. The minimum atomic E-state index is -4.05. The molecule has 52 heavy (non-hydrogen) atoms. The van der Waals surface area contributed by atoms with Gasteiger partial charge in [-0.1, -0.05) is 12.1 Å². The van der Waals surface area contributed by atoms with Crippen LogP contribution in [-0.2, 0) is 31.4 Å². The number of carbonyl (C=O) groups excluding carboxylic acids is 2. The summed E-state index contributed by atoms with van der Waals surface area (Å²) in [7, 11) is -2.67. The van der Waals surface area contributed by atoms with Gasteiger partial charge >= 0.3 is 11.9 Å². The molecule has 2 N–H and O–H groups in total. The van der Waals surface area contributed by atoms with Crippen molar-refractivity contribution in [3.05, 3.63) is 76.9 Å². The summed E-state index contributed by atoms with van der Waals surface area (Å²) in [6.45, 7) is 8.69. The Kier molecular flexibility index (Phi) is 13.0. The molecule has 4 rings (SSSR count). The van der Waals surface area contributed by atoms with E-state index in [9.17, 15) is 26.4 Å². The Morgan fingerprint density at radius 3 is 2.15 bits per heavy atom. The van der Waals surface area contributed by atoms with E-state index >= 15 is 0 Å². The van der Waals surface area contributed by atoms with E-state index in [2.05, 4.69) is 4.72 Å². The molecule has 0 amide bonds. The van der Waals surface area contributed by atoms with E-state index in [0.717, 1.165) is 0 Å². The number of sulfonamides is 1. The van der Waals surface area contributed by atoms with Crippen LogP contribution in [0.1, 0.15) is 58.5 Å². The Bertz CT molecular complexity index is 2160. The third-order valence-electron chi connectivity index (χ3n) is 8.64. The molecule has 1 aromatic heterocycles. The third kappa shape index (κ3) is 10.7. The lowest BCUT2D eigenvalue weighted by molar-refractivity contribution is -0.889. The highest BCUT2D eigenvalue weighted by Crippen LogP contribution is 2.32. The Morgan fingerprint density at radius 2 is 1.52 bits per heavy atom. The minimum absolute atomic E-state index is 0.127. The number of methoxy groups -OCH3 is 1. The molecule has 0 fully saturated rings. The molecule has 0 aliphatic carbocycles. The highest BCUT2D eigenvalue weighted by molar-refractivity contribution is 7.89. The molecule has 1 heterocycles. The first-order chi connectivity index (χ1) is 24.3. The van der Waals surface area contributed by atoms with Crippen molar-refractivity contribution in [1.29, 1.82) is 0 Å². The second-order valence-electron chi connectivity index (χ2n) is 13.8. The van der Waals surface area contributed by atoms with Gasteiger partial charge in [0.05, 0.1) is 80.3 Å². The van der Waals surface area contributed by atoms with E-state index in [1.807, 2.05) is 68.9 Å². The number of ether oxygens (including phenoxy) is 3. The maximum absolute atomic E-state index is 14.2. The lowest BCUT2D eigenvalue weighted by Gasteiger charge is -2.29. The summed E-state index contributed by atoms with van der Waals surface area (Å²) in [6, 6.07) is 16.1. The molecule has 0 spiro atoms. The van der Waals surface area contributed by atoms with Gasteiger partial charge < -0.3 is 18.7 Å². The van der Waals surface area contributed by atoms with E-state index in [1.165, 1.54) is 7.11 Å². The molecule has 0 atom stereocenters. The van der Waals surface area contributed by atoms with Crippen LogP contribution >= 0.6 is 0 Å². The molecule has 0 bridgehead atoms. The monoisotopic (exact) mass is 759 g/mol. The number of benzene rings is 3. The number of likely N-dealkylation sites (N-methyl/N-ethyl adjacent to an activating group) is 1. The van der Waals surface area contributed by atoms with Crippen molar-refractivity contribution >= 4 is 53.9 Å². The first-order valence-corrected chi connectivity index (χ1v) is 20.3. The zero-order chi connectivity index (χ0) is 38.4. The average Bonchev–Trinajstić information content (AvgIpc) is 3.04. The van der Waals surface area contributed by atoms with Crippen molar-refractivity contribution in [2.24, 2.45) is 0 Å². The molecule has 0 aliphatic rings. The number of fused-ring (bicyclic) bond motifs is 2. The Labute approximate surface area is 305 Å². The number of quaternary nitrogens is 1. The fraction of sp³-hybridized carbons (Fsp3) is 0.432. The molecule has 15 heteroatoms. The molecule has 0 aliphatic heterocycles. The molecular formula is C37H49N3O10S2+2. The maximum Gasteiger partial charge on any atom is 0.345 e. The molecule has 0 radical (unpaired) electrons. The summed E-state index contributed by atoms with van der Waals surface area (Å²) in [5.41, 5.74) is 3.24. The summed E-state index contributed by atoms with van der Waals surface area (Å²) in [6.07, 6.45) is 0.394. The zero-order valence-corrected chi connectivity index (χ0v) is 32.4. The van der Waals surface area contributed by atoms with Crippen LogP contribution in [0.3, 0.4) is 0 Å². The summed E-state index contributed by atoms with van der Waals surface area (Å²) in [5, 5.41) is 1.18. The van der Waals surface area contributed by atoms with Crippen molar-refractivity contribution in [2.45, 2.75) is 53.2 Å². The number of aromatic nitrogens is 1.